The van der Waals surface area contributed by atoms with Gasteiger partial charge in [-0.15, -0.1) is 0 Å². The molecule has 13 nitrogen and oxygen atoms in total. The van der Waals surface area contributed by atoms with Gasteiger partial charge in [0.25, 0.3) is 0 Å². The predicted molar refractivity (Wildman–Crippen MR) is 129 cm³/mol. The molecule has 3 unspecified atom stereocenters. The first kappa shape index (κ1) is 25.4. The highest BCUT2D eigenvalue weighted by molar-refractivity contribution is 6.01. The van der Waals surface area contributed by atoms with Gasteiger partial charge in [-0.25, -0.2) is 29.6 Å². The lowest BCUT2D eigenvalue weighted by Crippen LogP contribution is -2.38. The number of hydrogen-bond donors (Lipinski definition) is 4. The Morgan fingerprint density at radius 2 is 2.05 bits per heavy atom. The second kappa shape index (κ2) is 10.2. The summed E-state index contributed by atoms with van der Waals surface area (Å²) in [6.07, 6.45) is -0.907. The normalized spacial score (nSPS) is 22.4. The number of nitrogens with zero attached hydrogens (tertiary/aromatic N) is 5. The van der Waals surface area contributed by atoms with Crippen molar-refractivity contribution in [2.24, 2.45) is 4.99 Å². The van der Waals surface area contributed by atoms with Gasteiger partial charge in [0.1, 0.15) is 18.5 Å². The lowest BCUT2D eigenvalue weighted by atomic mass is 9.91. The van der Waals surface area contributed by atoms with Gasteiger partial charge in [-0.05, 0) is 24.6 Å². The molecule has 4 heterocycles. The summed E-state index contributed by atoms with van der Waals surface area (Å²) < 4.78 is 24.4. The number of nitrogen functional groups attached to an aromatic ring is 1. The van der Waals surface area contributed by atoms with Gasteiger partial charge in [0.15, 0.2) is 18.0 Å². The van der Waals surface area contributed by atoms with Crippen LogP contribution < -0.4 is 16.0 Å². The van der Waals surface area contributed by atoms with Crippen LogP contribution in [0.1, 0.15) is 28.6 Å². The number of aliphatic hydroxyl groups is 2. The van der Waals surface area contributed by atoms with Crippen LogP contribution in [-0.4, -0.2) is 74.0 Å². The number of hydrogen-bond acceptors (Lipinski definition) is 13. The number of carbonyl (C=O) groups excluding carboxylic acids is 1. The van der Waals surface area contributed by atoms with E-state index in [0.717, 1.165) is 0 Å². The van der Waals surface area contributed by atoms with Crippen LogP contribution in [0.4, 0.5) is 10.3 Å². The average molecular weight is 525 g/mol. The largest absolute Gasteiger partial charge is 0.480 e. The third-order valence-electron chi connectivity index (χ3n) is 6.19. The molecule has 14 heteroatoms. The number of hydroxylamine groups is 1. The summed E-state index contributed by atoms with van der Waals surface area (Å²) in [5.74, 6) is -0.808. The first-order valence-electron chi connectivity index (χ1n) is 11.6. The van der Waals surface area contributed by atoms with Crippen LogP contribution >= 0.6 is 0 Å². The molecule has 4 atom stereocenters. The van der Waals surface area contributed by atoms with Crippen molar-refractivity contribution in [2.75, 3.05) is 19.5 Å². The Hall–Kier alpha value is -4.27. The van der Waals surface area contributed by atoms with E-state index in [1.165, 1.54) is 31.6 Å². The maximum absolute atomic E-state index is 14.3. The standard InChI is InChI=1S/C24H24FN7O6/c1-10-19-15(31-24(26)28-10)6-14(30-22(19)32-37-9-17-20(33)21(34)23(35)38-17)12-4-3-11(25)5-13(12)16-7-27-8-18(29-16)36-2/h3-5,7-8,14,17,20-21,33-34H,6,9H2,1-2H3,(H,30,32)(H2,26,28,31)/t14-,17?,20?,21?/m1/s1. The summed E-state index contributed by atoms with van der Waals surface area (Å²) in [5.41, 5.74) is 11.8. The van der Waals surface area contributed by atoms with Gasteiger partial charge in [-0.2, -0.15) is 0 Å². The number of amidine groups is 1. The Balaban J connectivity index is 1.49. The molecule has 0 bridgehead atoms. The maximum Gasteiger partial charge on any atom is 0.338 e. The van der Waals surface area contributed by atoms with Crippen LogP contribution in [0, 0.1) is 12.7 Å². The highest BCUT2D eigenvalue weighted by Crippen LogP contribution is 2.36. The molecule has 2 aliphatic heterocycles. The number of aliphatic hydroxyl groups excluding tert-OH is 2. The summed E-state index contributed by atoms with van der Waals surface area (Å²) in [6, 6.07) is 3.70. The van der Waals surface area contributed by atoms with Crippen molar-refractivity contribution in [1.29, 1.82) is 0 Å². The first-order chi connectivity index (χ1) is 18.2. The van der Waals surface area contributed by atoms with Crippen molar-refractivity contribution in [3.63, 3.8) is 0 Å². The van der Waals surface area contributed by atoms with Crippen molar-refractivity contribution in [2.45, 2.75) is 37.7 Å². The van der Waals surface area contributed by atoms with E-state index in [2.05, 4.69) is 25.4 Å². The van der Waals surface area contributed by atoms with Gasteiger partial charge >= 0.3 is 5.97 Å². The molecule has 0 radical (unpaired) electrons. The van der Waals surface area contributed by atoms with E-state index in [0.29, 0.717) is 40.2 Å². The molecule has 0 saturated carbocycles. The van der Waals surface area contributed by atoms with Crippen molar-refractivity contribution < 1.29 is 33.7 Å². The fraction of sp³-hybridized carbons (Fsp3) is 0.333. The van der Waals surface area contributed by atoms with Crippen LogP contribution in [0.5, 0.6) is 5.88 Å². The molecule has 5 rings (SSSR count). The van der Waals surface area contributed by atoms with Gasteiger partial charge < -0.3 is 25.4 Å². The molecule has 3 aromatic rings. The Bertz CT molecular complexity index is 1420. The molecule has 1 fully saturated rings. The molecule has 5 N–H and O–H groups in total. The van der Waals surface area contributed by atoms with E-state index in [4.69, 9.17) is 25.0 Å². The van der Waals surface area contributed by atoms with Gasteiger partial charge in [-0.1, -0.05) is 6.07 Å². The average Bonchev–Trinajstić information content (AvgIpc) is 3.14. The number of halogens is 1. The molecule has 2 aromatic heterocycles. The summed E-state index contributed by atoms with van der Waals surface area (Å²) in [4.78, 5) is 38.9. The molecule has 0 amide bonds. The molecular weight excluding hydrogens is 501 g/mol. The number of nitrogens with two attached hydrogens (primary N) is 1. The lowest BCUT2D eigenvalue weighted by Gasteiger charge is -2.26. The SMILES string of the molecule is COc1cncc(-c2cc(F)ccc2[C@H]2Cc3nc(N)nc(C)c3C(NOCC3OC(=O)C(O)C3O)=N2)n1. The fourth-order valence-electron chi connectivity index (χ4n) is 4.39. The minimum absolute atomic E-state index is 0.0788. The van der Waals surface area contributed by atoms with E-state index in [9.17, 15) is 19.4 Å². The molecule has 2 aliphatic rings. The fourth-order valence-corrected chi connectivity index (χ4v) is 4.39. The number of carbonyl (C=O) groups is 1. The minimum Gasteiger partial charge on any atom is -0.480 e. The smallest absolute Gasteiger partial charge is 0.338 e. The number of nitrogens with one attached hydrogen (secondary N) is 1. The second-order valence-electron chi connectivity index (χ2n) is 8.69. The Labute approximate surface area is 215 Å². The highest BCUT2D eigenvalue weighted by Gasteiger charge is 2.43. The topological polar surface area (TPSA) is 187 Å². The van der Waals surface area contributed by atoms with E-state index in [-0.39, 0.29) is 24.3 Å². The quantitative estimate of drug-likeness (QED) is 0.253. The molecule has 1 aromatic carbocycles. The number of ether oxygens (including phenoxy) is 2. The number of cyclic esters (lactones) is 1. The van der Waals surface area contributed by atoms with Gasteiger partial charge in [0.2, 0.25) is 11.8 Å². The van der Waals surface area contributed by atoms with Crippen molar-refractivity contribution in [1.82, 2.24) is 25.4 Å². The number of aromatic nitrogens is 4. The first-order valence-corrected chi connectivity index (χ1v) is 11.6. The number of fused-ring (bicyclic) bond motifs is 1. The number of methoxy groups -OCH3 is 1. The van der Waals surface area contributed by atoms with E-state index in [1.807, 2.05) is 0 Å². The number of aryl methyl sites for hydroxylation is 1. The van der Waals surface area contributed by atoms with Crippen LogP contribution in [0.2, 0.25) is 0 Å². The molecular formula is C24H24FN7O6. The molecule has 198 valence electrons. The molecule has 0 aliphatic carbocycles. The number of benzene rings is 1. The second-order valence-corrected chi connectivity index (χ2v) is 8.69. The summed E-state index contributed by atoms with van der Waals surface area (Å²) in [6.45, 7) is 1.46. The van der Waals surface area contributed by atoms with E-state index >= 15 is 0 Å². The van der Waals surface area contributed by atoms with E-state index < -0.39 is 36.1 Å². The predicted octanol–water partition coefficient (Wildman–Crippen LogP) is 0.184. The molecule has 0 spiro atoms. The molecule has 38 heavy (non-hydrogen) atoms. The van der Waals surface area contributed by atoms with Crippen molar-refractivity contribution in [3.05, 3.63) is 58.9 Å². The van der Waals surface area contributed by atoms with E-state index in [1.54, 1.807) is 13.0 Å². The van der Waals surface area contributed by atoms with Crippen LogP contribution in [0.15, 0.2) is 35.6 Å². The monoisotopic (exact) mass is 525 g/mol. The van der Waals surface area contributed by atoms with Gasteiger partial charge in [0, 0.05) is 12.0 Å². The maximum atomic E-state index is 14.3. The third-order valence-corrected chi connectivity index (χ3v) is 6.19. The zero-order valence-electron chi connectivity index (χ0n) is 20.3. The Morgan fingerprint density at radius 1 is 1.24 bits per heavy atom. The third kappa shape index (κ3) is 4.83. The van der Waals surface area contributed by atoms with Crippen molar-refractivity contribution in [3.8, 4) is 17.1 Å². The molecule has 1 saturated heterocycles. The van der Waals surface area contributed by atoms with Crippen molar-refractivity contribution >= 4 is 17.8 Å². The lowest BCUT2D eigenvalue weighted by molar-refractivity contribution is -0.149. The zero-order chi connectivity index (χ0) is 27.0. The Morgan fingerprint density at radius 3 is 2.79 bits per heavy atom. The zero-order valence-corrected chi connectivity index (χ0v) is 20.3. The minimum atomic E-state index is -1.64. The van der Waals surface area contributed by atoms with Gasteiger partial charge in [0.05, 0.1) is 48.2 Å². The Kier molecular flexibility index (Phi) is 6.84. The number of aliphatic imine (C=N–C) groups is 1. The number of rotatable bonds is 6. The van der Waals surface area contributed by atoms with Crippen LogP contribution in [0.25, 0.3) is 11.3 Å². The summed E-state index contributed by atoms with van der Waals surface area (Å²) >= 11 is 0. The number of esters is 1. The number of anilines is 1. The van der Waals surface area contributed by atoms with Crippen LogP contribution in [0.3, 0.4) is 0 Å². The highest BCUT2D eigenvalue weighted by atomic mass is 19.1. The summed E-state index contributed by atoms with van der Waals surface area (Å²) in [7, 11) is 1.46. The summed E-state index contributed by atoms with van der Waals surface area (Å²) in [5, 5.41) is 19.6. The van der Waals surface area contributed by atoms with Gasteiger partial charge in [-0.3, -0.25) is 14.8 Å². The van der Waals surface area contributed by atoms with Crippen LogP contribution in [-0.2, 0) is 20.8 Å².